The van der Waals surface area contributed by atoms with E-state index in [4.69, 9.17) is 16.2 Å². The van der Waals surface area contributed by atoms with Gasteiger partial charge in [0.1, 0.15) is 5.60 Å². The lowest BCUT2D eigenvalue weighted by atomic mass is 9.92. The van der Waals surface area contributed by atoms with Crippen LogP contribution in [-0.2, 0) is 23.9 Å². The van der Waals surface area contributed by atoms with Crippen molar-refractivity contribution in [2.75, 3.05) is 26.2 Å². The van der Waals surface area contributed by atoms with E-state index in [0.717, 1.165) is 0 Å². The quantitative estimate of drug-likeness (QED) is 0.294. The highest BCUT2D eigenvalue weighted by molar-refractivity contribution is 5.99. The molecule has 194 valence electrons. The number of imide groups is 1. The van der Waals surface area contributed by atoms with Gasteiger partial charge >= 0.3 is 5.97 Å². The molecule has 0 aromatic heterocycles. The third kappa shape index (κ3) is 7.22. The van der Waals surface area contributed by atoms with Crippen LogP contribution in [0.15, 0.2) is 23.7 Å². The largest absolute Gasteiger partial charge is 0.460 e. The molecule has 3 aliphatic rings. The van der Waals surface area contributed by atoms with Crippen molar-refractivity contribution in [1.29, 1.82) is 0 Å². The predicted molar refractivity (Wildman–Crippen MR) is 130 cm³/mol. The van der Waals surface area contributed by atoms with E-state index in [2.05, 4.69) is 5.32 Å². The lowest BCUT2D eigenvalue weighted by molar-refractivity contribution is -0.163. The second-order valence-corrected chi connectivity index (χ2v) is 10.7. The average Bonchev–Trinajstić information content (AvgIpc) is 2.81. The summed E-state index contributed by atoms with van der Waals surface area (Å²) in [5.41, 5.74) is 12.2. The first-order valence-corrected chi connectivity index (χ1v) is 12.5. The molecule has 0 spiro atoms. The number of carbonyl (C=O) groups excluding carboxylic acids is 4. The third-order valence-corrected chi connectivity index (χ3v) is 6.84. The van der Waals surface area contributed by atoms with E-state index in [1.165, 1.54) is 0 Å². The van der Waals surface area contributed by atoms with Crippen LogP contribution in [0.25, 0.3) is 0 Å². The summed E-state index contributed by atoms with van der Waals surface area (Å²) in [7, 11) is 0. The zero-order valence-corrected chi connectivity index (χ0v) is 21.0. The third-order valence-electron chi connectivity index (χ3n) is 6.84. The molecule has 3 amide bonds. The van der Waals surface area contributed by atoms with Gasteiger partial charge in [0.25, 0.3) is 0 Å². The minimum atomic E-state index is -0.528. The molecule has 0 aromatic carbocycles. The van der Waals surface area contributed by atoms with Gasteiger partial charge in [-0.15, -0.1) is 0 Å². The van der Waals surface area contributed by atoms with Crippen LogP contribution in [0.5, 0.6) is 0 Å². The molecule has 35 heavy (non-hydrogen) atoms. The zero-order valence-electron chi connectivity index (χ0n) is 21.0. The maximum Gasteiger partial charge on any atom is 0.309 e. The summed E-state index contributed by atoms with van der Waals surface area (Å²) in [6.45, 7) is 8.05. The highest BCUT2D eigenvalue weighted by Gasteiger charge is 2.34. The van der Waals surface area contributed by atoms with Crippen molar-refractivity contribution in [3.8, 4) is 0 Å². The Bertz CT molecular complexity index is 890. The molecule has 3 fully saturated rings. The topological polar surface area (TPSA) is 148 Å². The van der Waals surface area contributed by atoms with Crippen LogP contribution in [0.3, 0.4) is 0 Å². The van der Waals surface area contributed by atoms with E-state index in [1.54, 1.807) is 12.2 Å². The Balaban J connectivity index is 1.45. The standard InChI is InChI=1S/C25H39N5O5/c1-25(2,3)35-24(34)17-10-14-30(15-11-17)23(33)16-8-12-29(13-9-16)20(27)6-5-19(26)18-4-7-21(31)28-22(18)32/h5-6,16-18H,4,7-15,26-27H2,1-3H3,(H,28,31,32)/b19-5-,20-6+. The normalized spacial score (nSPS) is 23.8. The fourth-order valence-electron chi connectivity index (χ4n) is 4.78. The lowest BCUT2D eigenvalue weighted by Gasteiger charge is -2.37. The lowest BCUT2D eigenvalue weighted by Crippen LogP contribution is -2.47. The molecule has 0 aliphatic carbocycles. The molecular weight excluding hydrogens is 450 g/mol. The van der Waals surface area contributed by atoms with Crippen LogP contribution < -0.4 is 16.8 Å². The summed E-state index contributed by atoms with van der Waals surface area (Å²) in [4.78, 5) is 52.5. The van der Waals surface area contributed by atoms with Gasteiger partial charge in [-0.25, -0.2) is 0 Å². The second-order valence-electron chi connectivity index (χ2n) is 10.7. The SMILES string of the molecule is CC(C)(C)OC(=O)C1CCN(C(=O)C2CCN(/C(N)=C/C=C(\N)C3CCC(=O)NC3=O)CC2)CC1. The van der Waals surface area contributed by atoms with Crippen molar-refractivity contribution in [2.24, 2.45) is 29.2 Å². The van der Waals surface area contributed by atoms with Crippen molar-refractivity contribution in [2.45, 2.75) is 64.9 Å². The molecule has 3 heterocycles. The number of nitrogens with one attached hydrogen (secondary N) is 1. The van der Waals surface area contributed by atoms with Gasteiger partial charge in [-0.2, -0.15) is 0 Å². The summed E-state index contributed by atoms with van der Waals surface area (Å²) >= 11 is 0. The van der Waals surface area contributed by atoms with Crippen LogP contribution in [0.4, 0.5) is 0 Å². The van der Waals surface area contributed by atoms with Crippen LogP contribution in [0.2, 0.25) is 0 Å². The van der Waals surface area contributed by atoms with Gasteiger partial charge in [-0.1, -0.05) is 0 Å². The van der Waals surface area contributed by atoms with Crippen molar-refractivity contribution < 1.29 is 23.9 Å². The minimum absolute atomic E-state index is 0.0544. The fourth-order valence-corrected chi connectivity index (χ4v) is 4.78. The number of hydrogen-bond acceptors (Lipinski definition) is 8. The monoisotopic (exact) mass is 489 g/mol. The Hall–Kier alpha value is -3.04. The van der Waals surface area contributed by atoms with Crippen molar-refractivity contribution >= 4 is 23.7 Å². The van der Waals surface area contributed by atoms with Gasteiger partial charge in [0.15, 0.2) is 0 Å². The highest BCUT2D eigenvalue weighted by atomic mass is 16.6. The molecule has 5 N–H and O–H groups in total. The first kappa shape index (κ1) is 26.6. The Morgan fingerprint density at radius 2 is 1.49 bits per heavy atom. The molecular formula is C25H39N5O5. The molecule has 0 aromatic rings. The number of esters is 1. The Morgan fingerprint density at radius 1 is 0.914 bits per heavy atom. The van der Waals surface area contributed by atoms with Gasteiger partial charge in [-0.3, -0.25) is 24.5 Å². The molecule has 3 rings (SSSR count). The number of nitrogens with two attached hydrogens (primary N) is 2. The molecule has 0 saturated carbocycles. The van der Waals surface area contributed by atoms with Crippen LogP contribution >= 0.6 is 0 Å². The number of rotatable bonds is 5. The highest BCUT2D eigenvalue weighted by Crippen LogP contribution is 2.26. The number of nitrogens with zero attached hydrogens (tertiary/aromatic N) is 2. The molecule has 1 unspecified atom stereocenters. The average molecular weight is 490 g/mol. The van der Waals surface area contributed by atoms with Gasteiger partial charge in [0, 0.05) is 44.2 Å². The van der Waals surface area contributed by atoms with E-state index >= 15 is 0 Å². The molecule has 10 heteroatoms. The maximum atomic E-state index is 13.0. The molecule has 3 aliphatic heterocycles. The summed E-state index contributed by atoms with van der Waals surface area (Å²) in [6.07, 6.45) is 6.64. The van der Waals surface area contributed by atoms with E-state index in [0.29, 0.717) is 69.8 Å². The smallest absolute Gasteiger partial charge is 0.309 e. The fraction of sp³-hybridized carbons (Fsp3) is 0.680. The summed E-state index contributed by atoms with van der Waals surface area (Å²) < 4.78 is 5.49. The maximum absolute atomic E-state index is 13.0. The number of hydrogen-bond donors (Lipinski definition) is 3. The van der Waals surface area contributed by atoms with Crippen LogP contribution in [0.1, 0.15) is 59.3 Å². The summed E-state index contributed by atoms with van der Waals surface area (Å²) in [5, 5.41) is 2.30. The van der Waals surface area contributed by atoms with Crippen LogP contribution in [-0.4, -0.2) is 65.3 Å². The Labute approximate surface area is 207 Å². The van der Waals surface area contributed by atoms with Crippen molar-refractivity contribution in [1.82, 2.24) is 15.1 Å². The number of carbonyl (C=O) groups is 4. The summed E-state index contributed by atoms with van der Waals surface area (Å²) in [5.74, 6) is -0.879. The molecule has 0 radical (unpaired) electrons. The zero-order chi connectivity index (χ0) is 25.8. The molecule has 1 atom stereocenters. The van der Waals surface area contributed by atoms with E-state index in [-0.39, 0.29) is 41.9 Å². The van der Waals surface area contributed by atoms with E-state index in [1.807, 2.05) is 30.6 Å². The number of amides is 3. The number of piperidine rings is 3. The van der Waals surface area contributed by atoms with Crippen molar-refractivity contribution in [3.63, 3.8) is 0 Å². The summed E-state index contributed by atoms with van der Waals surface area (Å²) in [6, 6.07) is 0. The van der Waals surface area contributed by atoms with E-state index in [9.17, 15) is 19.2 Å². The number of likely N-dealkylation sites (tertiary alicyclic amines) is 2. The van der Waals surface area contributed by atoms with Gasteiger partial charge in [-0.05, 0) is 65.0 Å². The Kier molecular flexibility index (Phi) is 8.45. The van der Waals surface area contributed by atoms with Crippen molar-refractivity contribution in [3.05, 3.63) is 23.7 Å². The molecule has 0 bridgehead atoms. The van der Waals surface area contributed by atoms with Gasteiger partial charge in [0.2, 0.25) is 17.7 Å². The molecule has 10 nitrogen and oxygen atoms in total. The minimum Gasteiger partial charge on any atom is -0.460 e. The first-order valence-electron chi connectivity index (χ1n) is 12.5. The Morgan fingerprint density at radius 3 is 2.06 bits per heavy atom. The number of allylic oxidation sites excluding steroid dienone is 2. The predicted octanol–water partition coefficient (Wildman–Crippen LogP) is 0.974. The van der Waals surface area contributed by atoms with Gasteiger partial charge in [0.05, 0.1) is 17.7 Å². The van der Waals surface area contributed by atoms with Crippen LogP contribution in [0, 0.1) is 17.8 Å². The first-order chi connectivity index (χ1) is 16.4. The van der Waals surface area contributed by atoms with E-state index < -0.39 is 11.5 Å². The van der Waals surface area contributed by atoms with Gasteiger partial charge < -0.3 is 26.0 Å². The molecule has 3 saturated heterocycles. The number of ether oxygens (including phenoxy) is 1. The second kappa shape index (κ2) is 11.1.